The minimum absolute atomic E-state index is 0.178. The summed E-state index contributed by atoms with van der Waals surface area (Å²) >= 11 is 0. The number of fused-ring (bicyclic) bond motifs is 3. The average Bonchev–Trinajstić information content (AvgIpc) is 3.19. The lowest BCUT2D eigenvalue weighted by molar-refractivity contribution is 0.177. The van der Waals surface area contributed by atoms with Gasteiger partial charge in [-0.15, -0.1) is 0 Å². The third-order valence-electron chi connectivity index (χ3n) is 4.85. The molecule has 0 aromatic heterocycles. The first kappa shape index (κ1) is 13.1. The van der Waals surface area contributed by atoms with Crippen molar-refractivity contribution in [1.82, 2.24) is 4.90 Å². The van der Waals surface area contributed by atoms with E-state index in [-0.39, 0.29) is 12.1 Å². The summed E-state index contributed by atoms with van der Waals surface area (Å²) in [5.41, 5.74) is 3.51. The number of aryl methyl sites for hydroxylation is 1. The smallest absolute Gasteiger partial charge is 0.414 e. The molecule has 4 heteroatoms. The fourth-order valence-electron chi connectivity index (χ4n) is 3.47. The molecule has 21 heavy (non-hydrogen) atoms. The molecule has 4 nitrogen and oxygen atoms in total. The molecule has 1 unspecified atom stereocenters. The van der Waals surface area contributed by atoms with Gasteiger partial charge in [0, 0.05) is 19.6 Å². The molecule has 2 aliphatic heterocycles. The van der Waals surface area contributed by atoms with Crippen LogP contribution in [0.5, 0.6) is 0 Å². The molecule has 3 aliphatic rings. The lowest BCUT2D eigenvalue weighted by atomic mass is 10.0. The third-order valence-corrected chi connectivity index (χ3v) is 4.85. The van der Waals surface area contributed by atoms with Crippen LogP contribution in [0.25, 0.3) is 0 Å². The van der Waals surface area contributed by atoms with Crippen molar-refractivity contribution < 1.29 is 9.53 Å². The number of carbonyl (C=O) groups is 1. The maximum absolute atomic E-state index is 12.1. The van der Waals surface area contributed by atoms with Crippen molar-refractivity contribution in [3.8, 4) is 0 Å². The third kappa shape index (κ3) is 2.53. The molecule has 1 aliphatic carbocycles. The molecule has 4 rings (SSSR count). The number of benzene rings is 1. The Balaban J connectivity index is 1.69. The van der Waals surface area contributed by atoms with Gasteiger partial charge in [-0.2, -0.15) is 0 Å². The van der Waals surface area contributed by atoms with E-state index in [4.69, 9.17) is 4.74 Å². The standard InChI is InChI=1S/C17H22N2O2/c1-12-2-5-14-10-18(9-13-3-4-13)7-6-15-11-21-17(20)19(15)16(14)8-12/h2,5,8,13,15H,3-4,6-7,9-11H2,1H3. The number of anilines is 1. The van der Waals surface area contributed by atoms with Crippen molar-refractivity contribution >= 4 is 11.8 Å². The van der Waals surface area contributed by atoms with Gasteiger partial charge < -0.3 is 4.74 Å². The van der Waals surface area contributed by atoms with E-state index in [2.05, 4.69) is 30.0 Å². The molecule has 112 valence electrons. The van der Waals surface area contributed by atoms with Crippen LogP contribution in [0.1, 0.15) is 30.4 Å². The lowest BCUT2D eigenvalue weighted by Crippen LogP contribution is -2.40. The van der Waals surface area contributed by atoms with Crippen LogP contribution in [0.2, 0.25) is 0 Å². The zero-order chi connectivity index (χ0) is 14.4. The van der Waals surface area contributed by atoms with Gasteiger partial charge in [0.15, 0.2) is 0 Å². The highest BCUT2D eigenvalue weighted by molar-refractivity contribution is 5.91. The fourth-order valence-corrected chi connectivity index (χ4v) is 3.47. The van der Waals surface area contributed by atoms with E-state index < -0.39 is 0 Å². The highest BCUT2D eigenvalue weighted by Gasteiger charge is 2.37. The number of nitrogens with zero attached hydrogens (tertiary/aromatic N) is 2. The number of ether oxygens (including phenoxy) is 1. The minimum atomic E-state index is -0.178. The zero-order valence-electron chi connectivity index (χ0n) is 12.5. The molecular weight excluding hydrogens is 264 g/mol. The van der Waals surface area contributed by atoms with E-state index in [0.717, 1.165) is 31.1 Å². The molecule has 2 fully saturated rings. The predicted molar refractivity (Wildman–Crippen MR) is 81.4 cm³/mol. The van der Waals surface area contributed by atoms with Gasteiger partial charge >= 0.3 is 6.09 Å². The van der Waals surface area contributed by atoms with Crippen LogP contribution in [0.3, 0.4) is 0 Å². The summed E-state index contributed by atoms with van der Waals surface area (Å²) in [5.74, 6) is 0.899. The predicted octanol–water partition coefficient (Wildman–Crippen LogP) is 2.94. The molecule has 0 radical (unpaired) electrons. The highest BCUT2D eigenvalue weighted by Crippen LogP contribution is 2.35. The van der Waals surface area contributed by atoms with Crippen molar-refractivity contribution in [1.29, 1.82) is 0 Å². The highest BCUT2D eigenvalue weighted by atomic mass is 16.6. The van der Waals surface area contributed by atoms with Crippen molar-refractivity contribution in [3.63, 3.8) is 0 Å². The maximum Gasteiger partial charge on any atom is 0.414 e. The van der Waals surface area contributed by atoms with Gasteiger partial charge in [-0.05, 0) is 49.3 Å². The molecule has 1 saturated heterocycles. The normalized spacial score (nSPS) is 25.9. The molecule has 0 spiro atoms. The van der Waals surface area contributed by atoms with Gasteiger partial charge in [0.1, 0.15) is 6.61 Å². The molecular formula is C17H22N2O2. The zero-order valence-corrected chi connectivity index (χ0v) is 12.5. The van der Waals surface area contributed by atoms with Crippen LogP contribution in [-0.4, -0.2) is 36.7 Å². The van der Waals surface area contributed by atoms with E-state index in [9.17, 15) is 4.79 Å². The van der Waals surface area contributed by atoms with Gasteiger partial charge in [-0.25, -0.2) is 4.79 Å². The largest absolute Gasteiger partial charge is 0.447 e. The van der Waals surface area contributed by atoms with Gasteiger partial charge in [0.25, 0.3) is 0 Å². The van der Waals surface area contributed by atoms with Crippen LogP contribution >= 0.6 is 0 Å². The Hall–Kier alpha value is -1.55. The van der Waals surface area contributed by atoms with E-state index in [1.165, 1.54) is 30.5 Å². The Morgan fingerprint density at radius 3 is 2.95 bits per heavy atom. The Bertz CT molecular complexity index is 568. The fraction of sp³-hybridized carbons (Fsp3) is 0.588. The molecule has 0 N–H and O–H groups in total. The summed E-state index contributed by atoms with van der Waals surface area (Å²) in [6, 6.07) is 6.65. The van der Waals surface area contributed by atoms with Crippen LogP contribution in [-0.2, 0) is 11.3 Å². The molecule has 1 aromatic rings. The first-order valence-corrected chi connectivity index (χ1v) is 7.98. The summed E-state index contributed by atoms with van der Waals surface area (Å²) in [4.78, 5) is 16.6. The van der Waals surface area contributed by atoms with Crippen LogP contribution in [0, 0.1) is 12.8 Å². The Labute approximate surface area is 125 Å². The van der Waals surface area contributed by atoms with Crippen molar-refractivity contribution in [3.05, 3.63) is 29.3 Å². The van der Waals surface area contributed by atoms with Crippen molar-refractivity contribution in [2.24, 2.45) is 5.92 Å². The summed E-state index contributed by atoms with van der Waals surface area (Å²) in [6.45, 7) is 5.82. The number of amides is 1. The van der Waals surface area contributed by atoms with Crippen LogP contribution in [0.4, 0.5) is 10.5 Å². The Morgan fingerprint density at radius 1 is 1.29 bits per heavy atom. The van der Waals surface area contributed by atoms with Gasteiger partial charge in [-0.3, -0.25) is 9.80 Å². The van der Waals surface area contributed by atoms with Crippen molar-refractivity contribution in [2.75, 3.05) is 24.6 Å². The second-order valence-corrected chi connectivity index (χ2v) is 6.70. The van der Waals surface area contributed by atoms with Gasteiger partial charge in [0.2, 0.25) is 0 Å². The number of hydrogen-bond donors (Lipinski definition) is 0. The molecule has 2 heterocycles. The number of hydrogen-bond acceptors (Lipinski definition) is 3. The summed E-state index contributed by atoms with van der Waals surface area (Å²) in [6.07, 6.45) is 3.59. The summed E-state index contributed by atoms with van der Waals surface area (Å²) < 4.78 is 5.30. The average molecular weight is 286 g/mol. The molecule has 1 aromatic carbocycles. The topological polar surface area (TPSA) is 32.8 Å². The summed E-state index contributed by atoms with van der Waals surface area (Å²) in [7, 11) is 0. The molecule has 1 atom stereocenters. The maximum atomic E-state index is 12.1. The molecule has 1 amide bonds. The number of carbonyl (C=O) groups excluding carboxylic acids is 1. The second-order valence-electron chi connectivity index (χ2n) is 6.70. The van der Waals surface area contributed by atoms with E-state index in [0.29, 0.717) is 6.61 Å². The number of rotatable bonds is 2. The Kier molecular flexibility index (Phi) is 3.14. The SMILES string of the molecule is Cc1ccc2c(c1)N1C(=O)OCC1CCN(CC1CC1)C2. The first-order valence-electron chi connectivity index (χ1n) is 7.98. The van der Waals surface area contributed by atoms with Crippen LogP contribution < -0.4 is 4.90 Å². The minimum Gasteiger partial charge on any atom is -0.447 e. The quantitative estimate of drug-likeness (QED) is 0.838. The summed E-state index contributed by atoms with van der Waals surface area (Å²) in [5, 5.41) is 0. The lowest BCUT2D eigenvalue weighted by Gasteiger charge is -2.32. The second kappa shape index (κ2) is 5.02. The van der Waals surface area contributed by atoms with Crippen LogP contribution in [0.15, 0.2) is 18.2 Å². The van der Waals surface area contributed by atoms with Crippen molar-refractivity contribution in [2.45, 2.75) is 38.8 Å². The van der Waals surface area contributed by atoms with Gasteiger partial charge in [0.05, 0.1) is 11.7 Å². The van der Waals surface area contributed by atoms with Gasteiger partial charge in [-0.1, -0.05) is 12.1 Å². The van der Waals surface area contributed by atoms with E-state index >= 15 is 0 Å². The monoisotopic (exact) mass is 286 g/mol. The Morgan fingerprint density at radius 2 is 2.14 bits per heavy atom. The van der Waals surface area contributed by atoms with E-state index in [1.54, 1.807) is 0 Å². The molecule has 0 bridgehead atoms. The first-order chi connectivity index (χ1) is 10.2. The van der Waals surface area contributed by atoms with E-state index in [1.807, 2.05) is 4.90 Å². The number of cyclic esters (lactones) is 1. The molecule has 1 saturated carbocycles.